The zero-order chi connectivity index (χ0) is 16.0. The Bertz CT molecular complexity index is 756. The average Bonchev–Trinajstić information content (AvgIpc) is 3.13. The van der Waals surface area contributed by atoms with Gasteiger partial charge in [-0.3, -0.25) is 4.79 Å². The molecule has 1 fully saturated rings. The lowest BCUT2D eigenvalue weighted by Gasteiger charge is -2.30. The Kier molecular flexibility index (Phi) is 3.16. The zero-order valence-electron chi connectivity index (χ0n) is 13.4. The summed E-state index contributed by atoms with van der Waals surface area (Å²) < 4.78 is 5.25. The molecular formula is C19H20N2O2. The van der Waals surface area contributed by atoms with Crippen molar-refractivity contribution in [1.29, 1.82) is 0 Å². The minimum absolute atomic E-state index is 0.00740. The van der Waals surface area contributed by atoms with Crippen molar-refractivity contribution in [2.45, 2.75) is 17.9 Å². The molecule has 2 aromatic rings. The van der Waals surface area contributed by atoms with Crippen molar-refractivity contribution in [1.82, 2.24) is 5.32 Å². The van der Waals surface area contributed by atoms with Gasteiger partial charge in [0.05, 0.1) is 18.6 Å². The van der Waals surface area contributed by atoms with Gasteiger partial charge in [-0.1, -0.05) is 30.3 Å². The molecule has 0 saturated carbocycles. The number of anilines is 1. The first kappa shape index (κ1) is 14.3. The van der Waals surface area contributed by atoms with Gasteiger partial charge in [0.2, 0.25) is 5.91 Å². The summed E-state index contributed by atoms with van der Waals surface area (Å²) in [7, 11) is 3.54. The highest BCUT2D eigenvalue weighted by atomic mass is 16.5. The second-order valence-corrected chi connectivity index (χ2v) is 6.26. The fourth-order valence-electron chi connectivity index (χ4n) is 4.12. The SMILES string of the molecule is COc1ccc(C2NCCC23C(=O)N(C)c2ccccc23)cc1. The van der Waals surface area contributed by atoms with E-state index in [1.165, 1.54) is 0 Å². The number of rotatable bonds is 2. The van der Waals surface area contributed by atoms with Gasteiger partial charge >= 0.3 is 0 Å². The fourth-order valence-corrected chi connectivity index (χ4v) is 4.12. The molecule has 4 heteroatoms. The Morgan fingerprint density at radius 1 is 1.17 bits per heavy atom. The molecule has 1 amide bonds. The number of ether oxygens (including phenoxy) is 1. The Balaban J connectivity index is 1.84. The van der Waals surface area contributed by atoms with Crippen LogP contribution in [-0.2, 0) is 10.2 Å². The number of fused-ring (bicyclic) bond motifs is 2. The molecule has 23 heavy (non-hydrogen) atoms. The second kappa shape index (κ2) is 5.10. The van der Waals surface area contributed by atoms with E-state index in [0.29, 0.717) is 0 Å². The molecule has 4 rings (SSSR count). The Labute approximate surface area is 136 Å². The molecule has 0 bridgehead atoms. The summed E-state index contributed by atoms with van der Waals surface area (Å²) in [5, 5.41) is 3.55. The molecule has 0 radical (unpaired) electrons. The number of benzene rings is 2. The summed E-state index contributed by atoms with van der Waals surface area (Å²) in [4.78, 5) is 15.0. The maximum Gasteiger partial charge on any atom is 0.239 e. The molecule has 4 nitrogen and oxygen atoms in total. The van der Waals surface area contributed by atoms with Gasteiger partial charge in [0.1, 0.15) is 5.75 Å². The minimum Gasteiger partial charge on any atom is -0.497 e. The molecule has 2 unspecified atom stereocenters. The molecule has 2 heterocycles. The van der Waals surface area contributed by atoms with Crippen LogP contribution in [0.25, 0.3) is 0 Å². The number of nitrogens with zero attached hydrogens (tertiary/aromatic N) is 1. The third-order valence-electron chi connectivity index (χ3n) is 5.24. The van der Waals surface area contributed by atoms with Gasteiger partial charge in [0, 0.05) is 12.7 Å². The minimum atomic E-state index is -0.500. The first-order valence-corrected chi connectivity index (χ1v) is 7.93. The molecule has 1 spiro atoms. The highest BCUT2D eigenvalue weighted by molar-refractivity contribution is 6.08. The van der Waals surface area contributed by atoms with Crippen LogP contribution in [0.5, 0.6) is 5.75 Å². The van der Waals surface area contributed by atoms with Gasteiger partial charge in [-0.2, -0.15) is 0 Å². The number of nitrogens with one attached hydrogen (secondary N) is 1. The van der Waals surface area contributed by atoms with Crippen molar-refractivity contribution in [2.24, 2.45) is 0 Å². The van der Waals surface area contributed by atoms with Crippen molar-refractivity contribution >= 4 is 11.6 Å². The zero-order valence-corrected chi connectivity index (χ0v) is 13.4. The summed E-state index contributed by atoms with van der Waals surface area (Å²) in [6.07, 6.45) is 0.823. The van der Waals surface area contributed by atoms with Gasteiger partial charge < -0.3 is 15.0 Å². The predicted molar refractivity (Wildman–Crippen MR) is 89.9 cm³/mol. The van der Waals surface area contributed by atoms with E-state index in [9.17, 15) is 4.79 Å². The molecule has 2 atom stereocenters. The standard InChI is InChI=1S/C19H20N2O2/c1-21-16-6-4-3-5-15(16)19(18(21)22)11-12-20-17(19)13-7-9-14(23-2)10-8-13/h3-10,17,20H,11-12H2,1-2H3. The lowest BCUT2D eigenvalue weighted by atomic mass is 9.73. The van der Waals surface area contributed by atoms with Crippen LogP contribution in [0, 0.1) is 0 Å². The van der Waals surface area contributed by atoms with E-state index in [0.717, 1.165) is 35.5 Å². The highest BCUT2D eigenvalue weighted by Crippen LogP contribution is 2.52. The summed E-state index contributed by atoms with van der Waals surface area (Å²) in [6, 6.07) is 16.2. The average molecular weight is 308 g/mol. The van der Waals surface area contributed by atoms with Gasteiger partial charge in [-0.05, 0) is 42.3 Å². The topological polar surface area (TPSA) is 41.6 Å². The number of amides is 1. The van der Waals surface area contributed by atoms with Crippen LogP contribution in [0.2, 0.25) is 0 Å². The smallest absolute Gasteiger partial charge is 0.239 e. The number of hydrogen-bond acceptors (Lipinski definition) is 3. The third-order valence-corrected chi connectivity index (χ3v) is 5.24. The van der Waals surface area contributed by atoms with E-state index in [1.807, 2.05) is 37.4 Å². The molecule has 1 saturated heterocycles. The van der Waals surface area contributed by atoms with Crippen LogP contribution >= 0.6 is 0 Å². The molecule has 2 aliphatic heterocycles. The quantitative estimate of drug-likeness (QED) is 0.927. The van der Waals surface area contributed by atoms with Gasteiger partial charge in [-0.25, -0.2) is 0 Å². The summed E-state index contributed by atoms with van der Waals surface area (Å²) in [5.74, 6) is 1.01. The Hall–Kier alpha value is -2.33. The highest BCUT2D eigenvalue weighted by Gasteiger charge is 2.57. The third kappa shape index (κ3) is 1.85. The van der Waals surface area contributed by atoms with E-state index < -0.39 is 5.41 Å². The molecule has 118 valence electrons. The Morgan fingerprint density at radius 2 is 1.91 bits per heavy atom. The number of carbonyl (C=O) groups is 1. The number of para-hydroxylation sites is 1. The molecule has 0 aliphatic carbocycles. The number of likely N-dealkylation sites (N-methyl/N-ethyl adjacent to an activating group) is 1. The number of methoxy groups -OCH3 is 1. The van der Waals surface area contributed by atoms with Crippen LogP contribution in [0.1, 0.15) is 23.6 Å². The van der Waals surface area contributed by atoms with E-state index in [4.69, 9.17) is 4.74 Å². The van der Waals surface area contributed by atoms with Crippen molar-refractivity contribution in [3.63, 3.8) is 0 Å². The Morgan fingerprint density at radius 3 is 2.65 bits per heavy atom. The van der Waals surface area contributed by atoms with E-state index in [1.54, 1.807) is 12.0 Å². The van der Waals surface area contributed by atoms with Crippen molar-refractivity contribution in [3.8, 4) is 5.75 Å². The fraction of sp³-hybridized carbons (Fsp3) is 0.316. The van der Waals surface area contributed by atoms with Crippen LogP contribution in [0.3, 0.4) is 0 Å². The van der Waals surface area contributed by atoms with Crippen LogP contribution in [0.4, 0.5) is 5.69 Å². The lowest BCUT2D eigenvalue weighted by Crippen LogP contribution is -2.42. The first-order chi connectivity index (χ1) is 11.2. The first-order valence-electron chi connectivity index (χ1n) is 7.93. The molecular weight excluding hydrogens is 288 g/mol. The van der Waals surface area contributed by atoms with Crippen LogP contribution in [0.15, 0.2) is 48.5 Å². The molecule has 1 N–H and O–H groups in total. The maximum absolute atomic E-state index is 13.2. The summed E-state index contributed by atoms with van der Waals surface area (Å²) in [5.41, 5.74) is 2.79. The van der Waals surface area contributed by atoms with Gasteiger partial charge in [0.15, 0.2) is 0 Å². The molecule has 2 aliphatic rings. The predicted octanol–water partition coefficient (Wildman–Crippen LogP) is 2.64. The van der Waals surface area contributed by atoms with Crippen molar-refractivity contribution < 1.29 is 9.53 Å². The van der Waals surface area contributed by atoms with Crippen molar-refractivity contribution in [2.75, 3.05) is 25.6 Å². The van der Waals surface area contributed by atoms with Gasteiger partial charge in [0.25, 0.3) is 0 Å². The van der Waals surface area contributed by atoms with E-state index >= 15 is 0 Å². The second-order valence-electron chi connectivity index (χ2n) is 6.26. The lowest BCUT2D eigenvalue weighted by molar-refractivity contribution is -0.123. The van der Waals surface area contributed by atoms with Crippen LogP contribution < -0.4 is 15.0 Å². The molecule has 0 aromatic heterocycles. The van der Waals surface area contributed by atoms with Crippen LogP contribution in [-0.4, -0.2) is 26.6 Å². The normalized spacial score (nSPS) is 25.9. The van der Waals surface area contributed by atoms with Gasteiger partial charge in [-0.15, -0.1) is 0 Å². The summed E-state index contributed by atoms with van der Waals surface area (Å²) in [6.45, 7) is 0.838. The summed E-state index contributed by atoms with van der Waals surface area (Å²) >= 11 is 0. The van der Waals surface area contributed by atoms with Crippen molar-refractivity contribution in [3.05, 3.63) is 59.7 Å². The number of carbonyl (C=O) groups excluding carboxylic acids is 1. The van der Waals surface area contributed by atoms with E-state index in [2.05, 4.69) is 23.5 Å². The van der Waals surface area contributed by atoms with E-state index in [-0.39, 0.29) is 11.9 Å². The molecule has 2 aromatic carbocycles. The maximum atomic E-state index is 13.2. The monoisotopic (exact) mass is 308 g/mol. The largest absolute Gasteiger partial charge is 0.497 e. The number of hydrogen-bond donors (Lipinski definition) is 1.